The van der Waals surface area contributed by atoms with E-state index >= 15 is 0 Å². The minimum atomic E-state index is -3.60. The molecular weight excluding hydrogens is 369 g/mol. The molecule has 1 aliphatic carbocycles. The third-order valence-electron chi connectivity index (χ3n) is 4.43. The second kappa shape index (κ2) is 8.82. The molecule has 1 aromatic rings. The Bertz CT molecular complexity index is 707. The van der Waals surface area contributed by atoms with Crippen LogP contribution >= 0.6 is 12.4 Å². The first-order valence-corrected chi connectivity index (χ1v) is 9.89. The number of anilines is 2. The molecule has 0 aromatic heterocycles. The van der Waals surface area contributed by atoms with Gasteiger partial charge in [-0.05, 0) is 43.0 Å². The van der Waals surface area contributed by atoms with Crippen LogP contribution in [0.25, 0.3) is 0 Å². The number of carbonyl (C=O) groups is 1. The highest BCUT2D eigenvalue weighted by Gasteiger charge is 2.33. The van der Waals surface area contributed by atoms with E-state index in [9.17, 15) is 17.6 Å². The third-order valence-corrected chi connectivity index (χ3v) is 5.02. The predicted octanol–water partition coefficient (Wildman–Crippen LogP) is 2.86. The molecule has 6 nitrogen and oxygen atoms in total. The van der Waals surface area contributed by atoms with Crippen molar-refractivity contribution in [2.45, 2.75) is 38.5 Å². The van der Waals surface area contributed by atoms with E-state index in [0.717, 1.165) is 38.0 Å². The molecule has 0 spiro atoms. The molecule has 4 N–H and O–H groups in total. The summed E-state index contributed by atoms with van der Waals surface area (Å²) in [6.07, 6.45) is 6.43. The summed E-state index contributed by atoms with van der Waals surface area (Å²) in [4.78, 5) is 12.3. The Labute approximate surface area is 154 Å². The fraction of sp³-hybridized carbons (Fsp3) is 0.562. The van der Waals surface area contributed by atoms with Gasteiger partial charge in [0, 0.05) is 12.1 Å². The molecule has 2 rings (SSSR count). The molecule has 0 bridgehead atoms. The minimum absolute atomic E-state index is 0. The van der Waals surface area contributed by atoms with Gasteiger partial charge < -0.3 is 11.1 Å². The zero-order valence-corrected chi connectivity index (χ0v) is 15.8. The smallest absolute Gasteiger partial charge is 0.229 e. The Balaban J connectivity index is 0.00000312. The Morgan fingerprint density at radius 2 is 1.92 bits per heavy atom. The second-order valence-corrected chi connectivity index (χ2v) is 8.31. The number of hydrogen-bond donors (Lipinski definition) is 3. The molecule has 0 unspecified atom stereocenters. The minimum Gasteiger partial charge on any atom is -0.330 e. The van der Waals surface area contributed by atoms with Crippen LogP contribution in [0.2, 0.25) is 0 Å². The van der Waals surface area contributed by atoms with E-state index in [1.807, 2.05) is 0 Å². The SMILES string of the molecule is CS(=O)(=O)Nc1cc(NC(=O)CC2(CN)CCCCC2)ccc1F.Cl. The van der Waals surface area contributed by atoms with Crippen molar-refractivity contribution in [1.82, 2.24) is 0 Å². The quantitative estimate of drug-likeness (QED) is 0.691. The van der Waals surface area contributed by atoms with E-state index in [4.69, 9.17) is 5.73 Å². The van der Waals surface area contributed by atoms with Gasteiger partial charge in [-0.3, -0.25) is 9.52 Å². The summed E-state index contributed by atoms with van der Waals surface area (Å²) in [6, 6.07) is 3.78. The molecule has 0 radical (unpaired) electrons. The fourth-order valence-electron chi connectivity index (χ4n) is 3.18. The lowest BCUT2D eigenvalue weighted by Gasteiger charge is -2.35. The lowest BCUT2D eigenvalue weighted by molar-refractivity contribution is -0.118. The first-order chi connectivity index (χ1) is 11.2. The molecule has 1 aromatic carbocycles. The number of benzene rings is 1. The van der Waals surface area contributed by atoms with Crippen LogP contribution in [0, 0.1) is 11.2 Å². The Hall–Kier alpha value is -1.38. The van der Waals surface area contributed by atoms with Crippen LogP contribution in [-0.4, -0.2) is 27.1 Å². The zero-order valence-electron chi connectivity index (χ0n) is 14.2. The number of carbonyl (C=O) groups excluding carboxylic acids is 1. The van der Waals surface area contributed by atoms with Crippen LogP contribution in [-0.2, 0) is 14.8 Å². The maximum absolute atomic E-state index is 13.7. The van der Waals surface area contributed by atoms with E-state index in [1.165, 1.54) is 18.6 Å². The van der Waals surface area contributed by atoms with Crippen molar-refractivity contribution in [2.75, 3.05) is 22.8 Å². The average molecular weight is 394 g/mol. The maximum Gasteiger partial charge on any atom is 0.229 e. The summed E-state index contributed by atoms with van der Waals surface area (Å²) in [5, 5.41) is 2.71. The molecule has 1 aliphatic rings. The molecular formula is C16H25ClFN3O3S. The Morgan fingerprint density at radius 1 is 1.28 bits per heavy atom. The van der Waals surface area contributed by atoms with Crippen molar-refractivity contribution in [1.29, 1.82) is 0 Å². The normalized spacial score (nSPS) is 16.6. The molecule has 25 heavy (non-hydrogen) atoms. The van der Waals surface area contributed by atoms with Gasteiger partial charge in [0.2, 0.25) is 15.9 Å². The molecule has 0 aliphatic heterocycles. The van der Waals surface area contributed by atoms with Crippen LogP contribution in [0.5, 0.6) is 0 Å². The van der Waals surface area contributed by atoms with Crippen molar-refractivity contribution in [3.63, 3.8) is 0 Å². The molecule has 1 amide bonds. The van der Waals surface area contributed by atoms with Gasteiger partial charge in [-0.25, -0.2) is 12.8 Å². The Morgan fingerprint density at radius 3 is 2.48 bits per heavy atom. The van der Waals surface area contributed by atoms with Crippen molar-refractivity contribution in [3.05, 3.63) is 24.0 Å². The summed E-state index contributed by atoms with van der Waals surface area (Å²) >= 11 is 0. The van der Waals surface area contributed by atoms with Crippen LogP contribution in [0.4, 0.5) is 15.8 Å². The molecule has 0 heterocycles. The number of amides is 1. The number of rotatable bonds is 6. The van der Waals surface area contributed by atoms with E-state index < -0.39 is 15.8 Å². The summed E-state index contributed by atoms with van der Waals surface area (Å²) in [7, 11) is -3.60. The van der Waals surface area contributed by atoms with Crippen LogP contribution < -0.4 is 15.8 Å². The van der Waals surface area contributed by atoms with Gasteiger partial charge in [0.1, 0.15) is 5.82 Å². The molecule has 0 atom stereocenters. The molecule has 9 heteroatoms. The van der Waals surface area contributed by atoms with E-state index in [-0.39, 0.29) is 29.4 Å². The zero-order chi connectivity index (χ0) is 17.8. The van der Waals surface area contributed by atoms with Gasteiger partial charge in [0.25, 0.3) is 0 Å². The highest BCUT2D eigenvalue weighted by molar-refractivity contribution is 7.92. The molecule has 0 saturated heterocycles. The number of nitrogens with two attached hydrogens (primary N) is 1. The molecule has 1 saturated carbocycles. The standard InChI is InChI=1S/C16H24FN3O3S.ClH/c1-24(22,23)20-14-9-12(5-6-13(14)17)19-15(21)10-16(11-18)7-3-2-4-8-16;/h5-6,9,20H,2-4,7-8,10-11,18H2,1H3,(H,19,21);1H. The first-order valence-electron chi connectivity index (χ1n) is 8.00. The number of nitrogens with one attached hydrogen (secondary N) is 2. The van der Waals surface area contributed by atoms with Gasteiger partial charge in [-0.15, -0.1) is 12.4 Å². The maximum atomic E-state index is 13.7. The summed E-state index contributed by atoms with van der Waals surface area (Å²) < 4.78 is 38.3. The fourth-order valence-corrected chi connectivity index (χ4v) is 3.74. The topological polar surface area (TPSA) is 101 Å². The third kappa shape index (κ3) is 6.45. The van der Waals surface area contributed by atoms with Crippen LogP contribution in [0.15, 0.2) is 18.2 Å². The van der Waals surface area contributed by atoms with E-state index in [0.29, 0.717) is 18.7 Å². The highest BCUT2D eigenvalue weighted by Crippen LogP contribution is 2.38. The second-order valence-electron chi connectivity index (χ2n) is 6.56. The summed E-state index contributed by atoms with van der Waals surface area (Å²) in [6.45, 7) is 0.463. The van der Waals surface area contributed by atoms with Crippen LogP contribution in [0.3, 0.4) is 0 Å². The van der Waals surface area contributed by atoms with Crippen LogP contribution in [0.1, 0.15) is 38.5 Å². The number of hydrogen-bond acceptors (Lipinski definition) is 4. The van der Waals surface area contributed by atoms with Crippen molar-refractivity contribution >= 4 is 39.7 Å². The lowest BCUT2D eigenvalue weighted by Crippen LogP contribution is -2.36. The van der Waals surface area contributed by atoms with E-state index in [2.05, 4.69) is 10.0 Å². The van der Waals surface area contributed by atoms with Gasteiger partial charge in [-0.1, -0.05) is 19.3 Å². The number of halogens is 2. The van der Waals surface area contributed by atoms with Crippen molar-refractivity contribution < 1.29 is 17.6 Å². The largest absolute Gasteiger partial charge is 0.330 e. The summed E-state index contributed by atoms with van der Waals surface area (Å²) in [5.74, 6) is -0.900. The van der Waals surface area contributed by atoms with Gasteiger partial charge in [-0.2, -0.15) is 0 Å². The Kier molecular flexibility index (Phi) is 7.64. The monoisotopic (exact) mass is 393 g/mol. The number of sulfonamides is 1. The predicted molar refractivity (Wildman–Crippen MR) is 99.9 cm³/mol. The van der Waals surface area contributed by atoms with Gasteiger partial charge in [0.05, 0.1) is 11.9 Å². The first kappa shape index (κ1) is 21.7. The highest BCUT2D eigenvalue weighted by atomic mass is 35.5. The van der Waals surface area contributed by atoms with Gasteiger partial charge >= 0.3 is 0 Å². The van der Waals surface area contributed by atoms with Gasteiger partial charge in [0.15, 0.2) is 0 Å². The molecule has 142 valence electrons. The van der Waals surface area contributed by atoms with Crippen molar-refractivity contribution in [3.8, 4) is 0 Å². The van der Waals surface area contributed by atoms with E-state index in [1.54, 1.807) is 0 Å². The van der Waals surface area contributed by atoms with Crippen molar-refractivity contribution in [2.24, 2.45) is 11.1 Å². The lowest BCUT2D eigenvalue weighted by atomic mass is 9.71. The summed E-state index contributed by atoms with van der Waals surface area (Å²) in [5.41, 5.74) is 5.87. The average Bonchev–Trinajstić information content (AvgIpc) is 2.50. The molecule has 1 fully saturated rings.